The van der Waals surface area contributed by atoms with E-state index in [0.29, 0.717) is 18.7 Å². The second kappa shape index (κ2) is 8.87. The Morgan fingerprint density at radius 2 is 1.79 bits per heavy atom. The highest BCUT2D eigenvalue weighted by molar-refractivity contribution is 7.92. The number of anilines is 1. The molecule has 1 amide bonds. The molecule has 3 rings (SSSR count). The van der Waals surface area contributed by atoms with Crippen LogP contribution in [0.2, 0.25) is 0 Å². The summed E-state index contributed by atoms with van der Waals surface area (Å²) in [5.74, 6) is -0.736. The fourth-order valence-corrected chi connectivity index (χ4v) is 3.71. The lowest BCUT2D eigenvalue weighted by Crippen LogP contribution is -2.25. The average molecular weight is 416 g/mol. The molecule has 0 saturated heterocycles. The molecule has 0 radical (unpaired) electrons. The van der Waals surface area contributed by atoms with E-state index < -0.39 is 15.8 Å². The molecular formula is C20H21FN4O3S. The van der Waals surface area contributed by atoms with Crippen LogP contribution < -0.4 is 10.0 Å². The van der Waals surface area contributed by atoms with E-state index in [0.717, 1.165) is 12.0 Å². The minimum Gasteiger partial charge on any atom is -0.352 e. The maximum atomic E-state index is 12.9. The van der Waals surface area contributed by atoms with E-state index in [9.17, 15) is 17.6 Å². The van der Waals surface area contributed by atoms with Crippen molar-refractivity contribution in [1.29, 1.82) is 0 Å². The maximum absolute atomic E-state index is 12.9. The van der Waals surface area contributed by atoms with E-state index in [4.69, 9.17) is 0 Å². The number of carbonyl (C=O) groups excluding carboxylic acids is 1. The van der Waals surface area contributed by atoms with Crippen LogP contribution in [-0.2, 0) is 16.6 Å². The van der Waals surface area contributed by atoms with Crippen molar-refractivity contribution in [2.75, 3.05) is 11.3 Å². The smallest absolute Gasteiger partial charge is 0.261 e. The molecular weight excluding hydrogens is 395 g/mol. The van der Waals surface area contributed by atoms with Crippen LogP contribution in [0.15, 0.2) is 65.8 Å². The van der Waals surface area contributed by atoms with E-state index in [2.05, 4.69) is 15.1 Å². The van der Waals surface area contributed by atoms with E-state index in [1.165, 1.54) is 48.5 Å². The first-order valence-electron chi connectivity index (χ1n) is 8.99. The lowest BCUT2D eigenvalue weighted by Gasteiger charge is -2.09. The van der Waals surface area contributed by atoms with Gasteiger partial charge >= 0.3 is 0 Å². The first-order valence-corrected chi connectivity index (χ1v) is 10.5. The van der Waals surface area contributed by atoms with Gasteiger partial charge in [-0.25, -0.2) is 12.8 Å². The number of amides is 1. The molecule has 1 heterocycles. The van der Waals surface area contributed by atoms with Gasteiger partial charge in [0.1, 0.15) is 5.82 Å². The van der Waals surface area contributed by atoms with Gasteiger partial charge in [0.05, 0.1) is 11.1 Å². The lowest BCUT2D eigenvalue weighted by atomic mass is 10.2. The number of nitrogens with one attached hydrogen (secondary N) is 2. The highest BCUT2D eigenvalue weighted by atomic mass is 32.2. The van der Waals surface area contributed by atoms with Crippen molar-refractivity contribution in [3.05, 3.63) is 77.9 Å². The van der Waals surface area contributed by atoms with Crippen LogP contribution in [-0.4, -0.2) is 30.7 Å². The largest absolute Gasteiger partial charge is 0.352 e. The van der Waals surface area contributed by atoms with Gasteiger partial charge in [-0.1, -0.05) is 0 Å². The van der Waals surface area contributed by atoms with Crippen molar-refractivity contribution in [2.45, 2.75) is 24.8 Å². The molecule has 2 aromatic carbocycles. The van der Waals surface area contributed by atoms with Gasteiger partial charge < -0.3 is 5.32 Å². The van der Waals surface area contributed by atoms with E-state index in [1.54, 1.807) is 6.20 Å². The third-order valence-corrected chi connectivity index (χ3v) is 5.53. The van der Waals surface area contributed by atoms with Gasteiger partial charge in [0.15, 0.2) is 0 Å². The molecule has 0 unspecified atom stereocenters. The fraction of sp³-hybridized carbons (Fsp3) is 0.200. The summed E-state index contributed by atoms with van der Waals surface area (Å²) in [5.41, 5.74) is 1.69. The van der Waals surface area contributed by atoms with Gasteiger partial charge in [-0.2, -0.15) is 5.10 Å². The molecule has 2 N–H and O–H groups in total. The van der Waals surface area contributed by atoms with Crippen LogP contribution in [0.4, 0.5) is 10.1 Å². The second-order valence-corrected chi connectivity index (χ2v) is 8.21. The molecule has 1 aromatic heterocycles. The van der Waals surface area contributed by atoms with E-state index in [-0.39, 0.29) is 16.5 Å². The Morgan fingerprint density at radius 3 is 2.41 bits per heavy atom. The number of halogens is 1. The monoisotopic (exact) mass is 416 g/mol. The molecule has 0 aliphatic rings. The number of sulfonamides is 1. The van der Waals surface area contributed by atoms with Crippen molar-refractivity contribution < 1.29 is 17.6 Å². The first-order chi connectivity index (χ1) is 13.8. The van der Waals surface area contributed by atoms with Gasteiger partial charge in [-0.15, -0.1) is 0 Å². The van der Waals surface area contributed by atoms with Gasteiger partial charge in [-0.05, 0) is 67.4 Å². The molecule has 0 saturated carbocycles. The zero-order valence-electron chi connectivity index (χ0n) is 15.8. The van der Waals surface area contributed by atoms with Gasteiger partial charge in [0.2, 0.25) is 0 Å². The predicted octanol–water partition coefficient (Wildman–Crippen LogP) is 2.95. The fourth-order valence-electron chi connectivity index (χ4n) is 2.65. The minimum atomic E-state index is -3.83. The summed E-state index contributed by atoms with van der Waals surface area (Å²) in [6.07, 6.45) is 4.43. The van der Waals surface area contributed by atoms with E-state index >= 15 is 0 Å². The van der Waals surface area contributed by atoms with Crippen LogP contribution in [0, 0.1) is 12.7 Å². The lowest BCUT2D eigenvalue weighted by molar-refractivity contribution is 0.0952. The van der Waals surface area contributed by atoms with Crippen LogP contribution in [0.5, 0.6) is 0 Å². The summed E-state index contributed by atoms with van der Waals surface area (Å²) in [4.78, 5) is 12.2. The molecule has 0 atom stereocenters. The highest BCUT2D eigenvalue weighted by Gasteiger charge is 2.15. The van der Waals surface area contributed by atoms with Crippen LogP contribution in [0.25, 0.3) is 0 Å². The second-order valence-electron chi connectivity index (χ2n) is 6.53. The van der Waals surface area contributed by atoms with Gasteiger partial charge in [-0.3, -0.25) is 14.2 Å². The Kier molecular flexibility index (Phi) is 6.28. The summed E-state index contributed by atoms with van der Waals surface area (Å²) in [7, 11) is -3.83. The Balaban J connectivity index is 1.54. The normalized spacial score (nSPS) is 11.2. The third kappa shape index (κ3) is 5.64. The van der Waals surface area contributed by atoms with Gasteiger partial charge in [0.25, 0.3) is 15.9 Å². The Bertz CT molecular complexity index is 1080. The van der Waals surface area contributed by atoms with Crippen LogP contribution >= 0.6 is 0 Å². The minimum absolute atomic E-state index is 0.00688. The van der Waals surface area contributed by atoms with Crippen LogP contribution in [0.3, 0.4) is 0 Å². The summed E-state index contributed by atoms with van der Waals surface area (Å²) in [6, 6.07) is 10.6. The van der Waals surface area contributed by atoms with Crippen molar-refractivity contribution in [3.63, 3.8) is 0 Å². The van der Waals surface area contributed by atoms with E-state index in [1.807, 2.05) is 17.8 Å². The summed E-state index contributed by atoms with van der Waals surface area (Å²) >= 11 is 0. The Labute approximate surface area is 168 Å². The SMILES string of the molecule is Cc1cnn(CCCNC(=O)c2ccc(S(=O)(=O)Nc3ccc(F)cc3)cc2)c1. The number of nitrogens with zero attached hydrogens (tertiary/aromatic N) is 2. The quantitative estimate of drug-likeness (QED) is 0.552. The van der Waals surface area contributed by atoms with Crippen molar-refractivity contribution in [3.8, 4) is 0 Å². The third-order valence-electron chi connectivity index (χ3n) is 4.14. The highest BCUT2D eigenvalue weighted by Crippen LogP contribution is 2.17. The van der Waals surface area contributed by atoms with Crippen molar-refractivity contribution >= 4 is 21.6 Å². The Morgan fingerprint density at radius 1 is 1.10 bits per heavy atom. The van der Waals surface area contributed by atoms with Crippen molar-refractivity contribution in [2.24, 2.45) is 0 Å². The molecule has 0 spiro atoms. The summed E-state index contributed by atoms with van der Waals surface area (Å²) in [6.45, 7) is 3.13. The predicted molar refractivity (Wildman–Crippen MR) is 108 cm³/mol. The molecule has 7 nitrogen and oxygen atoms in total. The standard InChI is InChI=1S/C20H21FN4O3S/c1-15-13-23-25(14-15)12-2-11-22-20(26)16-3-9-19(10-4-16)29(27,28)24-18-7-5-17(21)6-8-18/h3-10,13-14,24H,2,11-12H2,1H3,(H,22,26). The molecule has 9 heteroatoms. The molecule has 0 bridgehead atoms. The number of carbonyl (C=O) groups is 1. The number of benzene rings is 2. The first kappa shape index (κ1) is 20.5. The molecule has 3 aromatic rings. The maximum Gasteiger partial charge on any atom is 0.261 e. The summed E-state index contributed by atoms with van der Waals surface area (Å²) < 4.78 is 41.9. The number of aryl methyl sites for hydroxylation is 2. The molecule has 29 heavy (non-hydrogen) atoms. The van der Waals surface area contributed by atoms with Gasteiger partial charge in [0, 0.05) is 30.5 Å². The zero-order chi connectivity index (χ0) is 20.9. The topological polar surface area (TPSA) is 93.1 Å². The van der Waals surface area contributed by atoms with Crippen molar-refractivity contribution in [1.82, 2.24) is 15.1 Å². The molecule has 0 aliphatic heterocycles. The number of aromatic nitrogens is 2. The van der Waals surface area contributed by atoms with Crippen LogP contribution in [0.1, 0.15) is 22.3 Å². The molecule has 0 aliphatic carbocycles. The zero-order valence-corrected chi connectivity index (χ0v) is 16.6. The Hall–Kier alpha value is -3.20. The number of hydrogen-bond donors (Lipinski definition) is 2. The summed E-state index contributed by atoms with van der Waals surface area (Å²) in [5, 5.41) is 6.98. The number of hydrogen-bond acceptors (Lipinski definition) is 4. The molecule has 0 fully saturated rings. The average Bonchev–Trinajstić information content (AvgIpc) is 3.12. The number of rotatable bonds is 8. The molecule has 152 valence electrons.